The molecule has 132 valence electrons. The van der Waals surface area contributed by atoms with Crippen LogP contribution in [0.25, 0.3) is 0 Å². The summed E-state index contributed by atoms with van der Waals surface area (Å²) in [6.45, 7) is 4.16. The monoisotopic (exact) mass is 382 g/mol. The van der Waals surface area contributed by atoms with Gasteiger partial charge in [-0.05, 0) is 36.5 Å². The topological polar surface area (TPSA) is 15.3 Å². The average molecular weight is 384 g/mol. The van der Waals surface area contributed by atoms with Crippen LogP contribution < -0.4 is 5.32 Å². The molecular weight excluding hydrogens is 358 g/mol. The summed E-state index contributed by atoms with van der Waals surface area (Å²) < 4.78 is 13.4. The van der Waals surface area contributed by atoms with Crippen LogP contribution in [0.5, 0.6) is 0 Å². The molecule has 0 spiro atoms. The molecule has 1 atom stereocenters. The lowest BCUT2D eigenvalue weighted by Crippen LogP contribution is -2.47. The summed E-state index contributed by atoms with van der Waals surface area (Å²) in [4.78, 5) is 2.55. The van der Waals surface area contributed by atoms with E-state index < -0.39 is 0 Å². The predicted molar refractivity (Wildman–Crippen MR) is 99.7 cm³/mol. The van der Waals surface area contributed by atoms with Gasteiger partial charge in [-0.1, -0.05) is 36.9 Å². The minimum absolute atomic E-state index is 0. The molecule has 2 fully saturated rings. The first-order chi connectivity index (χ1) is 10.3. The van der Waals surface area contributed by atoms with Crippen LogP contribution in [0.3, 0.4) is 0 Å². The van der Waals surface area contributed by atoms with Crippen LogP contribution in [-0.2, 0) is 0 Å². The van der Waals surface area contributed by atoms with E-state index in [4.69, 9.17) is 11.6 Å². The molecule has 2 aliphatic rings. The third-order valence-electron chi connectivity index (χ3n) is 4.92. The first kappa shape index (κ1) is 21.0. The van der Waals surface area contributed by atoms with E-state index in [0.29, 0.717) is 17.0 Å². The van der Waals surface area contributed by atoms with E-state index in [1.807, 2.05) is 6.07 Å². The third kappa shape index (κ3) is 5.20. The molecule has 0 radical (unpaired) electrons. The number of nitrogens with one attached hydrogen (secondary N) is 1. The number of nitrogens with zero attached hydrogens (tertiary/aromatic N) is 1. The largest absolute Gasteiger partial charge is 0.314 e. The Labute approximate surface area is 156 Å². The van der Waals surface area contributed by atoms with Crippen molar-refractivity contribution in [3.8, 4) is 0 Å². The minimum Gasteiger partial charge on any atom is -0.314 e. The Morgan fingerprint density at radius 3 is 2.35 bits per heavy atom. The van der Waals surface area contributed by atoms with Gasteiger partial charge in [0.05, 0.1) is 0 Å². The fraction of sp³-hybridized carbons (Fsp3) is 0.647. The van der Waals surface area contributed by atoms with Crippen LogP contribution in [0, 0.1) is 11.7 Å². The molecule has 3 rings (SSSR count). The van der Waals surface area contributed by atoms with Gasteiger partial charge in [0.2, 0.25) is 0 Å². The van der Waals surface area contributed by atoms with Crippen molar-refractivity contribution in [3.63, 3.8) is 0 Å². The van der Waals surface area contributed by atoms with Crippen LogP contribution in [0.15, 0.2) is 18.2 Å². The summed E-state index contributed by atoms with van der Waals surface area (Å²) >= 11 is 6.38. The molecule has 1 N–H and O–H groups in total. The van der Waals surface area contributed by atoms with Gasteiger partial charge in [-0.3, -0.25) is 4.90 Å². The Balaban J connectivity index is 0.00000132. The number of rotatable bonds is 3. The Hall–Kier alpha value is -0.0600. The van der Waals surface area contributed by atoms with Gasteiger partial charge < -0.3 is 5.32 Å². The highest BCUT2D eigenvalue weighted by Gasteiger charge is 2.32. The molecule has 1 aliphatic carbocycles. The summed E-state index contributed by atoms with van der Waals surface area (Å²) in [7, 11) is 0. The molecule has 0 bridgehead atoms. The standard InChI is InChI=1S/C17H24ClFN2.2ClH/c18-16-12-14(19)6-7-15(16)17(13-4-2-1-3-5-13)21-10-8-20-9-11-21;;/h6-7,12-13,17,20H,1-5,8-11H2;2*1H/t17-;;/m0../s1. The lowest BCUT2D eigenvalue weighted by Gasteiger charge is -2.41. The lowest BCUT2D eigenvalue weighted by atomic mass is 9.80. The third-order valence-corrected chi connectivity index (χ3v) is 5.25. The number of benzene rings is 1. The lowest BCUT2D eigenvalue weighted by molar-refractivity contribution is 0.103. The van der Waals surface area contributed by atoms with Gasteiger partial charge in [-0.25, -0.2) is 4.39 Å². The molecule has 6 heteroatoms. The first-order valence-electron chi connectivity index (χ1n) is 8.15. The van der Waals surface area contributed by atoms with Crippen LogP contribution in [0.4, 0.5) is 4.39 Å². The highest BCUT2D eigenvalue weighted by Crippen LogP contribution is 2.41. The van der Waals surface area contributed by atoms with E-state index in [9.17, 15) is 4.39 Å². The fourth-order valence-corrected chi connectivity index (χ4v) is 4.18. The van der Waals surface area contributed by atoms with Crippen LogP contribution >= 0.6 is 36.4 Å². The molecule has 2 nitrogen and oxygen atoms in total. The zero-order valence-electron chi connectivity index (χ0n) is 13.3. The molecule has 1 heterocycles. The van der Waals surface area contributed by atoms with Crippen molar-refractivity contribution in [1.29, 1.82) is 0 Å². The molecule has 23 heavy (non-hydrogen) atoms. The zero-order valence-corrected chi connectivity index (χ0v) is 15.7. The van der Waals surface area contributed by atoms with Crippen molar-refractivity contribution in [3.05, 3.63) is 34.6 Å². The Morgan fingerprint density at radius 1 is 1.09 bits per heavy atom. The SMILES string of the molecule is Cl.Cl.Fc1ccc([C@H](C2CCCCC2)N2CCNCC2)c(Cl)c1. The second-order valence-electron chi connectivity index (χ2n) is 6.29. The Morgan fingerprint density at radius 2 is 1.74 bits per heavy atom. The molecule has 1 saturated carbocycles. The highest BCUT2D eigenvalue weighted by atomic mass is 35.5. The van der Waals surface area contributed by atoms with E-state index >= 15 is 0 Å². The summed E-state index contributed by atoms with van der Waals surface area (Å²) in [5, 5.41) is 4.00. The summed E-state index contributed by atoms with van der Waals surface area (Å²) in [5.41, 5.74) is 1.12. The maximum absolute atomic E-state index is 13.4. The second kappa shape index (κ2) is 10.0. The quantitative estimate of drug-likeness (QED) is 0.802. The van der Waals surface area contributed by atoms with Gasteiger partial charge in [0.15, 0.2) is 0 Å². The molecule has 0 unspecified atom stereocenters. The van der Waals surface area contributed by atoms with E-state index in [0.717, 1.165) is 31.7 Å². The molecule has 1 aliphatic heterocycles. The van der Waals surface area contributed by atoms with E-state index in [-0.39, 0.29) is 30.6 Å². The van der Waals surface area contributed by atoms with E-state index in [1.165, 1.54) is 38.2 Å². The van der Waals surface area contributed by atoms with Crippen molar-refractivity contribution in [1.82, 2.24) is 10.2 Å². The van der Waals surface area contributed by atoms with Gasteiger partial charge in [0.25, 0.3) is 0 Å². The van der Waals surface area contributed by atoms with E-state index in [2.05, 4.69) is 10.2 Å². The maximum atomic E-state index is 13.4. The van der Waals surface area contributed by atoms with Crippen LogP contribution in [0.2, 0.25) is 5.02 Å². The first-order valence-corrected chi connectivity index (χ1v) is 8.53. The van der Waals surface area contributed by atoms with Crippen molar-refractivity contribution < 1.29 is 4.39 Å². The smallest absolute Gasteiger partial charge is 0.124 e. The molecule has 1 saturated heterocycles. The minimum atomic E-state index is -0.244. The maximum Gasteiger partial charge on any atom is 0.124 e. The molecule has 1 aromatic rings. The number of hydrogen-bond donors (Lipinski definition) is 1. The van der Waals surface area contributed by atoms with Crippen LogP contribution in [0.1, 0.15) is 43.7 Å². The molecule has 1 aromatic carbocycles. The Bertz CT molecular complexity index is 457. The molecule has 0 aromatic heterocycles. The van der Waals surface area contributed by atoms with Crippen molar-refractivity contribution in [2.75, 3.05) is 26.2 Å². The molecule has 0 amide bonds. The van der Waals surface area contributed by atoms with Gasteiger partial charge in [-0.2, -0.15) is 0 Å². The normalized spacial score (nSPS) is 21.1. The molecular formula is C17H26Cl3FN2. The number of piperazine rings is 1. The predicted octanol–water partition coefficient (Wildman–Crippen LogP) is 4.85. The van der Waals surface area contributed by atoms with Gasteiger partial charge in [0.1, 0.15) is 5.82 Å². The number of hydrogen-bond acceptors (Lipinski definition) is 2. The highest BCUT2D eigenvalue weighted by molar-refractivity contribution is 6.31. The van der Waals surface area contributed by atoms with Gasteiger partial charge >= 0.3 is 0 Å². The van der Waals surface area contributed by atoms with Crippen molar-refractivity contribution in [2.24, 2.45) is 5.92 Å². The second-order valence-corrected chi connectivity index (χ2v) is 6.70. The van der Waals surface area contributed by atoms with Crippen molar-refractivity contribution >= 4 is 36.4 Å². The van der Waals surface area contributed by atoms with Gasteiger partial charge in [0, 0.05) is 37.2 Å². The number of halogens is 4. The van der Waals surface area contributed by atoms with E-state index in [1.54, 1.807) is 6.07 Å². The van der Waals surface area contributed by atoms with Crippen molar-refractivity contribution in [2.45, 2.75) is 38.1 Å². The van der Waals surface area contributed by atoms with Gasteiger partial charge in [-0.15, -0.1) is 24.8 Å². The zero-order chi connectivity index (χ0) is 14.7. The summed E-state index contributed by atoms with van der Waals surface area (Å²) in [5.74, 6) is 0.409. The Kier molecular flexibility index (Phi) is 9.17. The average Bonchev–Trinajstić information content (AvgIpc) is 2.52. The fourth-order valence-electron chi connectivity index (χ4n) is 3.90. The van der Waals surface area contributed by atoms with Crippen LogP contribution in [-0.4, -0.2) is 31.1 Å². The summed E-state index contributed by atoms with van der Waals surface area (Å²) in [6.07, 6.45) is 6.50. The summed E-state index contributed by atoms with van der Waals surface area (Å²) in [6, 6.07) is 5.27.